The molecule has 0 bridgehead atoms. The van der Waals surface area contributed by atoms with E-state index in [-0.39, 0.29) is 23.7 Å². The quantitative estimate of drug-likeness (QED) is 0.196. The van der Waals surface area contributed by atoms with Crippen LogP contribution in [0.5, 0.6) is 0 Å². The first-order valence-corrected chi connectivity index (χ1v) is 25.8. The van der Waals surface area contributed by atoms with Gasteiger partial charge in [0.2, 0.25) is 0 Å². The number of carbonyl (C=O) groups is 2. The minimum atomic E-state index is -1.96. The third kappa shape index (κ3) is 8.59. The van der Waals surface area contributed by atoms with Crippen molar-refractivity contribution in [1.29, 1.82) is 0 Å². The maximum atomic E-state index is 12.7. The Kier molecular flexibility index (Phi) is 12.3. The number of rotatable bonds is 12. The third-order valence-electron chi connectivity index (χ3n) is 20.7. The molecule has 20 atom stereocenters. The van der Waals surface area contributed by atoms with Gasteiger partial charge in [-0.25, -0.2) is 0 Å². The van der Waals surface area contributed by atoms with Gasteiger partial charge in [0, 0.05) is 48.0 Å². The highest BCUT2D eigenvalue weighted by atomic mass is 16.5. The van der Waals surface area contributed by atoms with Crippen molar-refractivity contribution in [2.45, 2.75) is 222 Å². The summed E-state index contributed by atoms with van der Waals surface area (Å²) in [6.07, 6.45) is 15.5. The molecule has 8 fully saturated rings. The van der Waals surface area contributed by atoms with E-state index in [2.05, 4.69) is 69.2 Å². The molecule has 0 heterocycles. The number of methoxy groups -OCH3 is 2. The molecule has 0 spiro atoms. The Morgan fingerprint density at radius 1 is 0.517 bits per heavy atom. The summed E-state index contributed by atoms with van der Waals surface area (Å²) in [6.45, 7) is 23.6. The number of fused-ring (bicyclic) bond motifs is 8. The predicted molar refractivity (Wildman–Crippen MR) is 249 cm³/mol. The van der Waals surface area contributed by atoms with E-state index in [0.29, 0.717) is 40.4 Å². The molecule has 4 nitrogen and oxygen atoms in total. The summed E-state index contributed by atoms with van der Waals surface area (Å²) in [5.74, 6) is 5.12. The van der Waals surface area contributed by atoms with E-state index >= 15 is 0 Å². The predicted octanol–water partition coefficient (Wildman–Crippen LogP) is 14.6. The van der Waals surface area contributed by atoms with Crippen LogP contribution >= 0.6 is 0 Å². The molecule has 60 heavy (non-hydrogen) atoms. The molecule has 0 saturated heterocycles. The van der Waals surface area contributed by atoms with Crippen LogP contribution in [0.3, 0.4) is 0 Å². The van der Waals surface area contributed by atoms with Gasteiger partial charge >= 0.3 is 0 Å². The molecular formula is C56H96O4. The average Bonchev–Trinajstić information content (AvgIpc) is 3.83. The summed E-state index contributed by atoms with van der Waals surface area (Å²) in [6, 6.07) is 0. The van der Waals surface area contributed by atoms with E-state index in [1.807, 2.05) is 0 Å². The molecule has 0 aromatic rings. The summed E-state index contributed by atoms with van der Waals surface area (Å²) in [5.41, 5.74) is -0.549. The summed E-state index contributed by atoms with van der Waals surface area (Å²) >= 11 is 0. The van der Waals surface area contributed by atoms with Gasteiger partial charge in [-0.3, -0.25) is 9.59 Å². The van der Waals surface area contributed by atoms with Crippen molar-refractivity contribution >= 4 is 11.6 Å². The van der Waals surface area contributed by atoms with Crippen LogP contribution in [-0.2, 0) is 19.1 Å². The standard InChI is InChI=1S/2C28H48O2/c2*1-18(2)8-7-9-19(3)23-12-13-24-22-11-10-20-16-21(29)17-26(20)28(5,30-6)25(22)14-15-27(23,24)4/h2*18-20,22-26H,7-17H2,1-6H3/t2*19-,20-,22+,23-,24+,25+,26+,27-,28+/m11/s1/i16D2,17D;16D,17D2/t17-,19-,20-,22+,23-,24+,25+,26+,27-,28+;16-,19-,20-,22+,23-,24+,25+,26+,27-,28+. The van der Waals surface area contributed by atoms with Crippen molar-refractivity contribution in [2.75, 3.05) is 14.2 Å². The molecule has 0 aromatic heterocycles. The van der Waals surface area contributed by atoms with Crippen LogP contribution in [0.1, 0.15) is 219 Å². The van der Waals surface area contributed by atoms with E-state index in [0.717, 1.165) is 74.0 Å². The van der Waals surface area contributed by atoms with Crippen LogP contribution < -0.4 is 0 Å². The van der Waals surface area contributed by atoms with Gasteiger partial charge in [0.15, 0.2) is 0 Å². The van der Waals surface area contributed by atoms with Gasteiger partial charge in [-0.05, 0) is 196 Å². The van der Waals surface area contributed by atoms with Gasteiger partial charge in [0.05, 0.1) is 11.2 Å². The lowest BCUT2D eigenvalue weighted by molar-refractivity contribution is -0.142. The fourth-order valence-corrected chi connectivity index (χ4v) is 17.5. The van der Waals surface area contributed by atoms with E-state index < -0.39 is 54.2 Å². The van der Waals surface area contributed by atoms with Crippen LogP contribution in [0.4, 0.5) is 0 Å². The zero-order chi connectivity index (χ0) is 48.7. The summed E-state index contributed by atoms with van der Waals surface area (Å²) < 4.78 is 64.2. The van der Waals surface area contributed by atoms with Crippen LogP contribution in [-0.4, -0.2) is 37.0 Å². The molecular weight excluding hydrogens is 737 g/mol. The van der Waals surface area contributed by atoms with Gasteiger partial charge in [-0.1, -0.05) is 93.9 Å². The van der Waals surface area contributed by atoms with Crippen molar-refractivity contribution in [1.82, 2.24) is 0 Å². The van der Waals surface area contributed by atoms with Crippen LogP contribution in [0, 0.1) is 106 Å². The lowest BCUT2D eigenvalue weighted by Crippen LogP contribution is -2.53. The van der Waals surface area contributed by atoms with Crippen molar-refractivity contribution in [3.05, 3.63) is 0 Å². The second-order valence-electron chi connectivity index (χ2n) is 24.4. The van der Waals surface area contributed by atoms with Crippen LogP contribution in [0.2, 0.25) is 0 Å². The molecule has 344 valence electrons. The zero-order valence-corrected chi connectivity index (χ0v) is 40.8. The van der Waals surface area contributed by atoms with Crippen molar-refractivity contribution < 1.29 is 27.3 Å². The largest absolute Gasteiger partial charge is 0.378 e. The first kappa shape index (κ1) is 39.6. The van der Waals surface area contributed by atoms with Crippen molar-refractivity contribution in [2.24, 2.45) is 106 Å². The van der Waals surface area contributed by atoms with Gasteiger partial charge in [-0.15, -0.1) is 0 Å². The number of ketones is 2. The zero-order valence-electron chi connectivity index (χ0n) is 46.8. The molecule has 0 amide bonds. The number of carbonyl (C=O) groups excluding carboxylic acids is 2. The molecule has 0 aromatic carbocycles. The van der Waals surface area contributed by atoms with Crippen LogP contribution in [0.25, 0.3) is 0 Å². The Balaban J connectivity index is 0.000000196. The highest BCUT2D eigenvalue weighted by molar-refractivity contribution is 5.82. The van der Waals surface area contributed by atoms with Gasteiger partial charge in [-0.2, -0.15) is 0 Å². The Bertz CT molecular complexity index is 1680. The van der Waals surface area contributed by atoms with Gasteiger partial charge < -0.3 is 9.47 Å². The fraction of sp³-hybridized carbons (Fsp3) is 0.964. The topological polar surface area (TPSA) is 52.6 Å². The Morgan fingerprint density at radius 3 is 1.43 bits per heavy atom. The van der Waals surface area contributed by atoms with Crippen LogP contribution in [0.15, 0.2) is 0 Å². The minimum absolute atomic E-state index is 0.221. The molecule has 0 aliphatic heterocycles. The maximum absolute atomic E-state index is 12.7. The lowest BCUT2D eigenvalue weighted by atomic mass is 9.53. The number of hydrogen-bond acceptors (Lipinski definition) is 4. The average molecular weight is 839 g/mol. The summed E-state index contributed by atoms with van der Waals surface area (Å²) in [7, 11) is 3.46. The van der Waals surface area contributed by atoms with Crippen molar-refractivity contribution in [3.63, 3.8) is 0 Å². The lowest BCUT2D eigenvalue weighted by Gasteiger charge is -2.54. The number of Topliss-reactive ketones (excluding diaryl/α,β-unsaturated/α-hetero) is 2. The molecule has 0 N–H and O–H groups in total. The Morgan fingerprint density at radius 2 is 0.967 bits per heavy atom. The highest BCUT2D eigenvalue weighted by Gasteiger charge is 2.63. The first-order chi connectivity index (χ1) is 30.8. The SMILES string of the molecule is [2H][C@@H]1C(=O)C([2H])([2H])[C@H]2CC[C@H]3[C@@H]4CC[C@H]([C@H](C)CCCC(C)C)[C@@]4(C)CC[C@@H]3[C@](C)(OC)[C@@H]12.[2H][C@H]1C(=O)C([2H])([2H])[C@H]2[C@@H]1CC[C@H]1[C@@H]3CC[C@H]([C@H](C)CCCC(C)C)[C@@]3(C)CC[C@@H]1[C@]2(C)OC. The molecule has 0 radical (unpaired) electrons. The second kappa shape index (κ2) is 18.6. The summed E-state index contributed by atoms with van der Waals surface area (Å²) in [5, 5.41) is 0. The normalized spacial score (nSPS) is 52.6. The van der Waals surface area contributed by atoms with Gasteiger partial charge in [0.25, 0.3) is 0 Å². The molecule has 0 unspecified atom stereocenters. The molecule has 8 rings (SSSR count). The fourth-order valence-electron chi connectivity index (χ4n) is 17.5. The molecule has 8 aliphatic carbocycles. The van der Waals surface area contributed by atoms with E-state index in [4.69, 9.17) is 17.7 Å². The summed E-state index contributed by atoms with van der Waals surface area (Å²) in [4.78, 5) is 25.5. The third-order valence-corrected chi connectivity index (χ3v) is 20.7. The molecule has 4 heteroatoms. The van der Waals surface area contributed by atoms with E-state index in [1.54, 1.807) is 14.2 Å². The van der Waals surface area contributed by atoms with Crippen molar-refractivity contribution in [3.8, 4) is 0 Å². The number of ether oxygens (including phenoxy) is 2. The smallest absolute Gasteiger partial charge is 0.133 e. The van der Waals surface area contributed by atoms with E-state index in [1.165, 1.54) is 77.0 Å². The second-order valence-corrected chi connectivity index (χ2v) is 24.4. The molecule has 8 aliphatic rings. The molecule has 8 saturated carbocycles. The first-order valence-electron chi connectivity index (χ1n) is 29.0. The Hall–Kier alpha value is -0.740. The monoisotopic (exact) mass is 839 g/mol. The highest BCUT2D eigenvalue weighted by Crippen LogP contribution is 2.68. The van der Waals surface area contributed by atoms with Gasteiger partial charge in [0.1, 0.15) is 11.6 Å². The maximum Gasteiger partial charge on any atom is 0.133 e. The Labute approximate surface area is 379 Å². The van der Waals surface area contributed by atoms with E-state index in [9.17, 15) is 9.59 Å². The number of hydrogen-bond donors (Lipinski definition) is 0. The minimum Gasteiger partial charge on any atom is -0.378 e.